The number of anilines is 2. The predicted octanol–water partition coefficient (Wildman–Crippen LogP) is 3.50. The third-order valence-electron chi connectivity index (χ3n) is 3.47. The van der Waals surface area contributed by atoms with Crippen molar-refractivity contribution in [3.63, 3.8) is 0 Å². The summed E-state index contributed by atoms with van der Waals surface area (Å²) in [5, 5.41) is 6.72. The van der Waals surface area contributed by atoms with Crippen LogP contribution in [0.25, 0.3) is 0 Å². The van der Waals surface area contributed by atoms with Crippen molar-refractivity contribution in [1.82, 2.24) is 4.98 Å². The van der Waals surface area contributed by atoms with Crippen LogP contribution in [0.15, 0.2) is 18.5 Å². The Morgan fingerprint density at radius 2 is 1.62 bits per heavy atom. The maximum Gasteiger partial charge on any atom is 0.0551 e. The number of nitrogens with zero attached hydrogens (tertiary/aromatic N) is 1. The number of hydrogen-bond donors (Lipinski definition) is 2. The van der Waals surface area contributed by atoms with Crippen LogP contribution < -0.4 is 10.6 Å². The molecule has 0 aliphatic carbocycles. The summed E-state index contributed by atoms with van der Waals surface area (Å²) in [6.07, 6.45) is 7.10. The molecule has 2 N–H and O–H groups in total. The first-order chi connectivity index (χ1) is 7.69. The monoisotopic (exact) mass is 221 g/mol. The Morgan fingerprint density at radius 1 is 1.06 bits per heavy atom. The molecule has 0 bridgehead atoms. The highest BCUT2D eigenvalue weighted by atomic mass is 15.0. The second-order valence-electron chi connectivity index (χ2n) is 4.18. The lowest BCUT2D eigenvalue weighted by Crippen LogP contribution is -2.36. The van der Waals surface area contributed by atoms with Crippen LogP contribution in [-0.2, 0) is 0 Å². The molecular formula is C13H23N3. The normalized spacial score (nSPS) is 11.2. The fraction of sp³-hybridized carbons (Fsp3) is 0.615. The van der Waals surface area contributed by atoms with Crippen LogP contribution in [0, 0.1) is 0 Å². The lowest BCUT2D eigenvalue weighted by Gasteiger charge is -2.33. The van der Waals surface area contributed by atoms with Crippen molar-refractivity contribution in [2.75, 3.05) is 17.7 Å². The molecule has 1 aromatic rings. The standard InChI is InChI=1S/C13H23N3/c1-5-13(6-2,7-3)16-12-8-11(14-4)9-15-10-12/h8-10,14,16H,5-7H2,1-4H3. The highest BCUT2D eigenvalue weighted by molar-refractivity contribution is 5.54. The number of hydrogen-bond acceptors (Lipinski definition) is 3. The van der Waals surface area contributed by atoms with Crippen molar-refractivity contribution >= 4 is 11.4 Å². The van der Waals surface area contributed by atoms with E-state index in [-0.39, 0.29) is 5.54 Å². The summed E-state index contributed by atoms with van der Waals surface area (Å²) >= 11 is 0. The molecule has 0 aliphatic rings. The van der Waals surface area contributed by atoms with E-state index in [1.165, 1.54) is 0 Å². The number of rotatable bonds is 6. The molecule has 0 saturated heterocycles. The summed E-state index contributed by atoms with van der Waals surface area (Å²) < 4.78 is 0. The van der Waals surface area contributed by atoms with Crippen molar-refractivity contribution in [1.29, 1.82) is 0 Å². The van der Waals surface area contributed by atoms with E-state index in [0.29, 0.717) is 0 Å². The summed E-state index contributed by atoms with van der Waals surface area (Å²) in [6.45, 7) is 6.69. The van der Waals surface area contributed by atoms with E-state index in [4.69, 9.17) is 0 Å². The lowest BCUT2D eigenvalue weighted by molar-refractivity contribution is 0.420. The molecule has 0 unspecified atom stereocenters. The van der Waals surface area contributed by atoms with Gasteiger partial charge in [-0.25, -0.2) is 0 Å². The molecule has 0 fully saturated rings. The van der Waals surface area contributed by atoms with Gasteiger partial charge < -0.3 is 10.6 Å². The largest absolute Gasteiger partial charge is 0.387 e. The molecule has 1 rings (SSSR count). The van der Waals surface area contributed by atoms with Crippen LogP contribution in [0.5, 0.6) is 0 Å². The quantitative estimate of drug-likeness (QED) is 0.772. The summed E-state index contributed by atoms with van der Waals surface area (Å²) in [5.41, 5.74) is 2.34. The van der Waals surface area contributed by atoms with Crippen LogP contribution in [0.4, 0.5) is 11.4 Å². The van der Waals surface area contributed by atoms with Gasteiger partial charge in [0.1, 0.15) is 0 Å². The van der Waals surface area contributed by atoms with E-state index in [2.05, 4.69) is 42.5 Å². The Kier molecular flexibility index (Phi) is 4.59. The minimum absolute atomic E-state index is 0.202. The summed E-state index contributed by atoms with van der Waals surface area (Å²) in [5.74, 6) is 0. The maximum atomic E-state index is 4.22. The first-order valence-corrected chi connectivity index (χ1v) is 6.10. The maximum absolute atomic E-state index is 4.22. The average molecular weight is 221 g/mol. The van der Waals surface area contributed by atoms with Crippen LogP contribution in [0.3, 0.4) is 0 Å². The molecule has 0 atom stereocenters. The van der Waals surface area contributed by atoms with Gasteiger partial charge in [-0.15, -0.1) is 0 Å². The summed E-state index contributed by atoms with van der Waals surface area (Å²) in [4.78, 5) is 4.22. The fourth-order valence-electron chi connectivity index (χ4n) is 1.97. The Morgan fingerprint density at radius 3 is 2.12 bits per heavy atom. The molecule has 3 nitrogen and oxygen atoms in total. The fourth-order valence-corrected chi connectivity index (χ4v) is 1.97. The van der Waals surface area contributed by atoms with Gasteiger partial charge in [-0.1, -0.05) is 20.8 Å². The van der Waals surface area contributed by atoms with E-state index >= 15 is 0 Å². The topological polar surface area (TPSA) is 37.0 Å². The van der Waals surface area contributed by atoms with E-state index in [1.807, 2.05) is 19.4 Å². The molecule has 1 heterocycles. The van der Waals surface area contributed by atoms with Gasteiger partial charge >= 0.3 is 0 Å². The van der Waals surface area contributed by atoms with Crippen molar-refractivity contribution in [2.45, 2.75) is 45.6 Å². The van der Waals surface area contributed by atoms with Gasteiger partial charge in [0.05, 0.1) is 23.8 Å². The number of nitrogens with one attached hydrogen (secondary N) is 2. The molecule has 1 aromatic heterocycles. The van der Waals surface area contributed by atoms with Crippen LogP contribution in [0.2, 0.25) is 0 Å². The van der Waals surface area contributed by atoms with Gasteiger partial charge in [-0.2, -0.15) is 0 Å². The average Bonchev–Trinajstić information content (AvgIpc) is 2.36. The molecule has 16 heavy (non-hydrogen) atoms. The van der Waals surface area contributed by atoms with E-state index in [0.717, 1.165) is 30.6 Å². The second-order valence-corrected chi connectivity index (χ2v) is 4.18. The molecular weight excluding hydrogens is 198 g/mol. The van der Waals surface area contributed by atoms with Gasteiger partial charge in [0.15, 0.2) is 0 Å². The minimum atomic E-state index is 0.202. The minimum Gasteiger partial charge on any atom is -0.387 e. The SMILES string of the molecule is CCC(CC)(CC)Nc1cncc(NC)c1. The molecule has 3 heteroatoms. The van der Waals surface area contributed by atoms with Crippen molar-refractivity contribution < 1.29 is 0 Å². The first-order valence-electron chi connectivity index (χ1n) is 6.10. The smallest absolute Gasteiger partial charge is 0.0551 e. The highest BCUT2D eigenvalue weighted by Gasteiger charge is 2.23. The molecule has 0 aromatic carbocycles. The molecule has 0 aliphatic heterocycles. The predicted molar refractivity (Wildman–Crippen MR) is 71.0 cm³/mol. The van der Waals surface area contributed by atoms with E-state index in [9.17, 15) is 0 Å². The van der Waals surface area contributed by atoms with E-state index < -0.39 is 0 Å². The highest BCUT2D eigenvalue weighted by Crippen LogP contribution is 2.26. The first kappa shape index (κ1) is 12.8. The molecule has 0 amide bonds. The molecule has 0 spiro atoms. The Bertz CT molecular complexity index is 310. The lowest BCUT2D eigenvalue weighted by atomic mass is 9.89. The summed E-state index contributed by atoms with van der Waals surface area (Å²) in [7, 11) is 1.91. The Labute approximate surface area is 98.7 Å². The Balaban J connectivity index is 2.84. The van der Waals surface area contributed by atoms with Gasteiger partial charge in [0.25, 0.3) is 0 Å². The van der Waals surface area contributed by atoms with Crippen molar-refractivity contribution in [3.8, 4) is 0 Å². The van der Waals surface area contributed by atoms with Gasteiger partial charge in [-0.05, 0) is 25.3 Å². The summed E-state index contributed by atoms with van der Waals surface area (Å²) in [6, 6.07) is 2.10. The van der Waals surface area contributed by atoms with Gasteiger partial charge in [0, 0.05) is 12.6 Å². The third kappa shape index (κ3) is 2.87. The zero-order valence-corrected chi connectivity index (χ0v) is 10.8. The third-order valence-corrected chi connectivity index (χ3v) is 3.47. The zero-order valence-electron chi connectivity index (χ0n) is 10.8. The van der Waals surface area contributed by atoms with Crippen molar-refractivity contribution in [2.24, 2.45) is 0 Å². The van der Waals surface area contributed by atoms with Gasteiger partial charge in [-0.3, -0.25) is 4.98 Å². The number of pyridine rings is 1. The van der Waals surface area contributed by atoms with Gasteiger partial charge in [0.2, 0.25) is 0 Å². The molecule has 90 valence electrons. The molecule has 0 saturated carbocycles. The number of aromatic nitrogens is 1. The van der Waals surface area contributed by atoms with Crippen LogP contribution >= 0.6 is 0 Å². The van der Waals surface area contributed by atoms with Crippen molar-refractivity contribution in [3.05, 3.63) is 18.5 Å². The zero-order chi connectivity index (χ0) is 12.0. The van der Waals surface area contributed by atoms with E-state index in [1.54, 1.807) is 0 Å². The second kappa shape index (κ2) is 5.73. The van der Waals surface area contributed by atoms with Crippen LogP contribution in [-0.4, -0.2) is 17.6 Å². The molecule has 0 radical (unpaired) electrons. The Hall–Kier alpha value is -1.25. The van der Waals surface area contributed by atoms with Crippen LogP contribution in [0.1, 0.15) is 40.0 Å².